The first-order chi connectivity index (χ1) is 10.2. The van der Waals surface area contributed by atoms with Crippen LogP contribution in [0.1, 0.15) is 17.3 Å². The van der Waals surface area contributed by atoms with E-state index in [0.29, 0.717) is 23.2 Å². The van der Waals surface area contributed by atoms with E-state index in [1.165, 1.54) is 6.20 Å². The van der Waals surface area contributed by atoms with Crippen molar-refractivity contribution in [2.75, 3.05) is 0 Å². The summed E-state index contributed by atoms with van der Waals surface area (Å²) in [6.45, 7) is 2.67. The van der Waals surface area contributed by atoms with Crippen LogP contribution < -0.4 is 4.74 Å². The van der Waals surface area contributed by atoms with E-state index < -0.39 is 5.97 Å². The average Bonchev–Trinajstić information content (AvgIpc) is 2.95. The molecule has 1 aromatic carbocycles. The monoisotopic (exact) mass is 283 g/mol. The number of fused-ring (bicyclic) bond motifs is 1. The number of aromatic carboxylic acids is 1. The van der Waals surface area contributed by atoms with Crippen LogP contribution in [0.3, 0.4) is 0 Å². The van der Waals surface area contributed by atoms with Crippen molar-refractivity contribution in [1.82, 2.24) is 14.8 Å². The van der Waals surface area contributed by atoms with E-state index in [1.807, 2.05) is 25.1 Å². The van der Waals surface area contributed by atoms with Gasteiger partial charge in [-0.2, -0.15) is 5.10 Å². The highest BCUT2D eigenvalue weighted by molar-refractivity contribution is 5.98. The third-order valence-electron chi connectivity index (χ3n) is 3.11. The van der Waals surface area contributed by atoms with Crippen LogP contribution in [0, 0.1) is 0 Å². The van der Waals surface area contributed by atoms with Gasteiger partial charge in [0.25, 0.3) is 0 Å². The number of rotatable bonds is 4. The molecule has 2 heterocycles. The van der Waals surface area contributed by atoms with Crippen molar-refractivity contribution in [3.8, 4) is 11.5 Å². The maximum atomic E-state index is 11.4. The number of carbonyl (C=O) groups is 1. The summed E-state index contributed by atoms with van der Waals surface area (Å²) in [6, 6.07) is 7.25. The van der Waals surface area contributed by atoms with Gasteiger partial charge < -0.3 is 9.84 Å². The topological polar surface area (TPSA) is 77.2 Å². The molecule has 6 nitrogen and oxygen atoms in total. The van der Waals surface area contributed by atoms with Crippen LogP contribution >= 0.6 is 0 Å². The van der Waals surface area contributed by atoms with Crippen molar-refractivity contribution in [1.29, 1.82) is 0 Å². The number of para-hydroxylation sites is 1. The van der Waals surface area contributed by atoms with Crippen LogP contribution in [0.2, 0.25) is 0 Å². The second-order valence-electron chi connectivity index (χ2n) is 4.46. The summed E-state index contributed by atoms with van der Waals surface area (Å²) in [5.74, 6) is -0.300. The summed E-state index contributed by atoms with van der Waals surface area (Å²) in [5, 5.41) is 14.1. The zero-order valence-corrected chi connectivity index (χ0v) is 11.4. The Hall–Kier alpha value is -2.89. The number of aromatic nitrogens is 3. The second kappa shape index (κ2) is 5.24. The number of hydrogen-bond donors (Lipinski definition) is 1. The number of pyridine rings is 1. The smallest absolute Gasteiger partial charge is 0.341 e. The molecule has 0 aliphatic rings. The molecular weight excluding hydrogens is 270 g/mol. The summed E-state index contributed by atoms with van der Waals surface area (Å²) in [6.07, 6.45) is 4.59. The predicted molar refractivity (Wildman–Crippen MR) is 76.7 cm³/mol. The first kappa shape index (κ1) is 13.1. The molecule has 0 aliphatic carbocycles. The molecule has 0 bridgehead atoms. The molecule has 0 saturated heterocycles. The fourth-order valence-corrected chi connectivity index (χ4v) is 2.07. The van der Waals surface area contributed by atoms with E-state index in [2.05, 4.69) is 10.1 Å². The Bertz CT molecular complexity index is 811. The number of carboxylic acid groups (broad SMARTS) is 1. The maximum Gasteiger partial charge on any atom is 0.341 e. The Morgan fingerprint density at radius 3 is 2.86 bits per heavy atom. The molecule has 3 rings (SSSR count). The summed E-state index contributed by atoms with van der Waals surface area (Å²) in [5.41, 5.74) is 0.707. The van der Waals surface area contributed by atoms with Crippen molar-refractivity contribution < 1.29 is 14.6 Å². The number of hydrogen-bond acceptors (Lipinski definition) is 4. The Balaban J connectivity index is 2.13. The van der Waals surface area contributed by atoms with Gasteiger partial charge in [-0.3, -0.25) is 9.67 Å². The largest absolute Gasteiger partial charge is 0.477 e. The SMILES string of the molecule is CCn1cc(Oc2c(C(=O)O)cnc3ccccc23)cn1. The van der Waals surface area contributed by atoms with Gasteiger partial charge >= 0.3 is 5.97 Å². The lowest BCUT2D eigenvalue weighted by Gasteiger charge is -2.09. The Labute approximate surface area is 120 Å². The fourth-order valence-electron chi connectivity index (χ4n) is 2.07. The van der Waals surface area contributed by atoms with Crippen LogP contribution in [0.4, 0.5) is 0 Å². The number of carboxylic acids is 1. The normalized spacial score (nSPS) is 10.7. The zero-order valence-electron chi connectivity index (χ0n) is 11.4. The number of aryl methyl sites for hydroxylation is 1. The number of nitrogens with zero attached hydrogens (tertiary/aromatic N) is 3. The molecule has 21 heavy (non-hydrogen) atoms. The highest BCUT2D eigenvalue weighted by Gasteiger charge is 2.17. The summed E-state index contributed by atoms with van der Waals surface area (Å²) < 4.78 is 7.47. The van der Waals surface area contributed by atoms with Crippen LogP contribution in [-0.4, -0.2) is 25.8 Å². The molecular formula is C15H13N3O3. The van der Waals surface area contributed by atoms with Gasteiger partial charge in [0.1, 0.15) is 5.56 Å². The first-order valence-electron chi connectivity index (χ1n) is 6.50. The van der Waals surface area contributed by atoms with E-state index in [1.54, 1.807) is 23.1 Å². The molecule has 0 unspecified atom stereocenters. The summed E-state index contributed by atoms with van der Waals surface area (Å²) in [4.78, 5) is 15.5. The molecule has 3 aromatic rings. The molecule has 0 amide bonds. The van der Waals surface area contributed by atoms with Gasteiger partial charge in [-0.1, -0.05) is 12.1 Å². The predicted octanol–water partition coefficient (Wildman–Crippen LogP) is 2.94. The number of ether oxygens (including phenoxy) is 1. The Kier molecular flexibility index (Phi) is 3.27. The van der Waals surface area contributed by atoms with Crippen LogP contribution in [0.25, 0.3) is 10.9 Å². The molecule has 0 atom stereocenters. The Morgan fingerprint density at radius 2 is 2.14 bits per heavy atom. The van der Waals surface area contributed by atoms with Crippen molar-refractivity contribution in [3.63, 3.8) is 0 Å². The van der Waals surface area contributed by atoms with Gasteiger partial charge in [0.05, 0.1) is 17.9 Å². The highest BCUT2D eigenvalue weighted by atomic mass is 16.5. The number of benzene rings is 1. The minimum atomic E-state index is -1.08. The third kappa shape index (κ3) is 2.43. The fraction of sp³-hybridized carbons (Fsp3) is 0.133. The molecule has 106 valence electrons. The lowest BCUT2D eigenvalue weighted by atomic mass is 10.1. The average molecular weight is 283 g/mol. The first-order valence-corrected chi connectivity index (χ1v) is 6.50. The minimum Gasteiger partial charge on any atom is -0.477 e. The maximum absolute atomic E-state index is 11.4. The van der Waals surface area contributed by atoms with E-state index in [4.69, 9.17) is 4.74 Å². The van der Waals surface area contributed by atoms with Crippen molar-refractivity contribution in [2.24, 2.45) is 0 Å². The molecule has 2 aromatic heterocycles. The molecule has 0 spiro atoms. The minimum absolute atomic E-state index is 0.0259. The molecule has 1 N–H and O–H groups in total. The third-order valence-corrected chi connectivity index (χ3v) is 3.11. The van der Waals surface area contributed by atoms with Gasteiger partial charge in [-0.05, 0) is 19.1 Å². The summed E-state index contributed by atoms with van der Waals surface area (Å²) >= 11 is 0. The van der Waals surface area contributed by atoms with Crippen molar-refractivity contribution >= 4 is 16.9 Å². The molecule has 0 aliphatic heterocycles. The van der Waals surface area contributed by atoms with E-state index in [9.17, 15) is 9.90 Å². The van der Waals surface area contributed by atoms with Crippen LogP contribution in [0.15, 0.2) is 42.9 Å². The van der Waals surface area contributed by atoms with Gasteiger partial charge in [0.2, 0.25) is 0 Å². The quantitative estimate of drug-likeness (QED) is 0.796. The van der Waals surface area contributed by atoms with Gasteiger partial charge in [0.15, 0.2) is 11.5 Å². The van der Waals surface area contributed by atoms with Crippen molar-refractivity contribution in [3.05, 3.63) is 48.4 Å². The van der Waals surface area contributed by atoms with Crippen molar-refractivity contribution in [2.45, 2.75) is 13.5 Å². The van der Waals surface area contributed by atoms with Gasteiger partial charge in [-0.25, -0.2) is 4.79 Å². The Morgan fingerprint density at radius 1 is 1.33 bits per heavy atom. The van der Waals surface area contributed by atoms with Crippen LogP contribution in [-0.2, 0) is 6.54 Å². The molecule has 0 radical (unpaired) electrons. The van der Waals surface area contributed by atoms with E-state index >= 15 is 0 Å². The van der Waals surface area contributed by atoms with E-state index in [-0.39, 0.29) is 11.3 Å². The molecule has 0 saturated carbocycles. The lowest BCUT2D eigenvalue weighted by molar-refractivity contribution is 0.0694. The molecule has 6 heteroatoms. The standard InChI is InChI=1S/C15H13N3O3/c1-2-18-9-10(7-17-18)21-14-11-5-3-4-6-13(11)16-8-12(14)15(19)20/h3-9H,2H2,1H3,(H,19,20). The molecule has 0 fully saturated rings. The zero-order chi connectivity index (χ0) is 14.8. The van der Waals surface area contributed by atoms with Gasteiger partial charge in [0, 0.05) is 18.1 Å². The second-order valence-corrected chi connectivity index (χ2v) is 4.46. The van der Waals surface area contributed by atoms with Crippen LogP contribution in [0.5, 0.6) is 11.5 Å². The lowest BCUT2D eigenvalue weighted by Crippen LogP contribution is -2.02. The van der Waals surface area contributed by atoms with E-state index in [0.717, 1.165) is 0 Å². The van der Waals surface area contributed by atoms with Gasteiger partial charge in [-0.15, -0.1) is 0 Å². The summed E-state index contributed by atoms with van der Waals surface area (Å²) in [7, 11) is 0. The highest BCUT2D eigenvalue weighted by Crippen LogP contribution is 2.32.